The van der Waals surface area contributed by atoms with E-state index in [4.69, 9.17) is 4.74 Å². The second-order valence-electron chi connectivity index (χ2n) is 5.17. The highest BCUT2D eigenvalue weighted by Gasteiger charge is 2.19. The Balaban J connectivity index is 2.03. The molecule has 1 fully saturated rings. The lowest BCUT2D eigenvalue weighted by atomic mass is 9.87. The van der Waals surface area contributed by atoms with Crippen molar-refractivity contribution >= 4 is 5.69 Å². The molecule has 0 heterocycles. The smallest absolute Gasteiger partial charge is 0.145 e. The Morgan fingerprint density at radius 2 is 2.00 bits per heavy atom. The van der Waals surface area contributed by atoms with E-state index < -0.39 is 0 Å². The van der Waals surface area contributed by atoms with Crippen molar-refractivity contribution in [1.82, 2.24) is 0 Å². The van der Waals surface area contributed by atoms with Crippen LogP contribution in [0.3, 0.4) is 0 Å². The summed E-state index contributed by atoms with van der Waals surface area (Å²) in [7, 11) is 0. The standard InChI is InChI=1S/C15H22FNO/c1-3-18-15-10-12(16)6-9-14(15)17-13-7-4-11(2)5-8-13/h6,9-11,13,17H,3-5,7-8H2,1-2H3. The lowest BCUT2D eigenvalue weighted by molar-refractivity contribution is 0.336. The molecule has 3 heteroatoms. The fraction of sp³-hybridized carbons (Fsp3) is 0.600. The van der Waals surface area contributed by atoms with Crippen molar-refractivity contribution in [3.8, 4) is 5.75 Å². The van der Waals surface area contributed by atoms with Crippen LogP contribution in [0.15, 0.2) is 18.2 Å². The van der Waals surface area contributed by atoms with Crippen LogP contribution in [0.4, 0.5) is 10.1 Å². The molecule has 1 aromatic rings. The van der Waals surface area contributed by atoms with Gasteiger partial charge in [-0.25, -0.2) is 4.39 Å². The minimum atomic E-state index is -0.249. The van der Waals surface area contributed by atoms with Crippen molar-refractivity contribution < 1.29 is 9.13 Å². The molecule has 1 aliphatic rings. The molecule has 2 rings (SSSR count). The number of nitrogens with one attached hydrogen (secondary N) is 1. The maximum Gasteiger partial charge on any atom is 0.145 e. The highest BCUT2D eigenvalue weighted by atomic mass is 19.1. The summed E-state index contributed by atoms with van der Waals surface area (Å²) in [6.45, 7) is 4.77. The zero-order valence-electron chi connectivity index (χ0n) is 11.2. The summed E-state index contributed by atoms with van der Waals surface area (Å²) in [6.07, 6.45) is 4.90. The van der Waals surface area contributed by atoms with Crippen LogP contribution in [-0.4, -0.2) is 12.6 Å². The Hall–Kier alpha value is -1.25. The minimum Gasteiger partial charge on any atom is -0.492 e. The van der Waals surface area contributed by atoms with Crippen molar-refractivity contribution in [1.29, 1.82) is 0 Å². The van der Waals surface area contributed by atoms with E-state index in [-0.39, 0.29) is 5.82 Å². The average Bonchev–Trinajstić information content (AvgIpc) is 2.36. The van der Waals surface area contributed by atoms with Gasteiger partial charge in [0, 0.05) is 12.1 Å². The number of benzene rings is 1. The van der Waals surface area contributed by atoms with E-state index in [0.29, 0.717) is 18.4 Å². The number of anilines is 1. The van der Waals surface area contributed by atoms with E-state index in [1.54, 1.807) is 6.07 Å². The zero-order chi connectivity index (χ0) is 13.0. The summed E-state index contributed by atoms with van der Waals surface area (Å²) in [5.41, 5.74) is 0.915. The minimum absolute atomic E-state index is 0.249. The van der Waals surface area contributed by atoms with Gasteiger partial charge in [-0.05, 0) is 50.7 Å². The lowest BCUT2D eigenvalue weighted by Gasteiger charge is -2.28. The van der Waals surface area contributed by atoms with E-state index in [0.717, 1.165) is 11.6 Å². The van der Waals surface area contributed by atoms with Crippen molar-refractivity contribution in [2.45, 2.75) is 45.6 Å². The first-order valence-electron chi connectivity index (χ1n) is 6.88. The van der Waals surface area contributed by atoms with Gasteiger partial charge in [0.15, 0.2) is 0 Å². The van der Waals surface area contributed by atoms with Gasteiger partial charge in [-0.3, -0.25) is 0 Å². The van der Waals surface area contributed by atoms with Crippen molar-refractivity contribution in [3.63, 3.8) is 0 Å². The van der Waals surface area contributed by atoms with Gasteiger partial charge in [-0.1, -0.05) is 6.92 Å². The largest absolute Gasteiger partial charge is 0.492 e. The topological polar surface area (TPSA) is 21.3 Å². The Labute approximate surface area is 109 Å². The first kappa shape index (κ1) is 13.2. The Kier molecular flexibility index (Phi) is 4.45. The van der Waals surface area contributed by atoms with Crippen molar-refractivity contribution in [3.05, 3.63) is 24.0 Å². The molecule has 0 aliphatic heterocycles. The Morgan fingerprint density at radius 1 is 1.28 bits per heavy atom. The molecule has 0 unspecified atom stereocenters. The molecule has 0 spiro atoms. The second kappa shape index (κ2) is 6.07. The highest BCUT2D eigenvalue weighted by Crippen LogP contribution is 2.30. The van der Waals surface area contributed by atoms with E-state index in [1.165, 1.54) is 37.8 Å². The monoisotopic (exact) mass is 251 g/mol. The van der Waals surface area contributed by atoms with Gasteiger partial charge in [0.2, 0.25) is 0 Å². The summed E-state index contributed by atoms with van der Waals surface area (Å²) < 4.78 is 18.7. The summed E-state index contributed by atoms with van der Waals surface area (Å²) >= 11 is 0. The van der Waals surface area contributed by atoms with Crippen LogP contribution >= 0.6 is 0 Å². The molecule has 0 aromatic heterocycles. The lowest BCUT2D eigenvalue weighted by Crippen LogP contribution is -2.25. The van der Waals surface area contributed by atoms with Crippen LogP contribution in [0.2, 0.25) is 0 Å². The number of ether oxygens (including phenoxy) is 1. The van der Waals surface area contributed by atoms with E-state index in [2.05, 4.69) is 12.2 Å². The molecule has 18 heavy (non-hydrogen) atoms. The molecule has 1 aliphatic carbocycles. The number of hydrogen-bond acceptors (Lipinski definition) is 2. The van der Waals surface area contributed by atoms with Crippen molar-refractivity contribution in [2.24, 2.45) is 5.92 Å². The molecule has 0 bridgehead atoms. The molecule has 0 saturated heterocycles. The number of halogens is 1. The first-order valence-corrected chi connectivity index (χ1v) is 6.88. The van der Waals surface area contributed by atoms with Gasteiger partial charge in [0.25, 0.3) is 0 Å². The van der Waals surface area contributed by atoms with Crippen molar-refractivity contribution in [2.75, 3.05) is 11.9 Å². The number of rotatable bonds is 4. The van der Waals surface area contributed by atoms with E-state index >= 15 is 0 Å². The molecular weight excluding hydrogens is 229 g/mol. The fourth-order valence-electron chi connectivity index (χ4n) is 2.51. The van der Waals surface area contributed by atoms with E-state index in [1.807, 2.05) is 6.92 Å². The molecule has 2 nitrogen and oxygen atoms in total. The van der Waals surface area contributed by atoms with Crippen LogP contribution in [0.1, 0.15) is 39.5 Å². The molecule has 100 valence electrons. The summed E-state index contributed by atoms with van der Waals surface area (Å²) in [5.74, 6) is 1.21. The van der Waals surface area contributed by atoms with E-state index in [9.17, 15) is 4.39 Å². The quantitative estimate of drug-likeness (QED) is 0.865. The Bertz CT molecular complexity index is 386. The summed E-state index contributed by atoms with van der Waals surface area (Å²) in [5, 5.41) is 3.49. The van der Waals surface area contributed by atoms with Gasteiger partial charge in [-0.15, -0.1) is 0 Å². The predicted molar refractivity (Wildman–Crippen MR) is 72.6 cm³/mol. The molecular formula is C15H22FNO. The third kappa shape index (κ3) is 3.37. The Morgan fingerprint density at radius 3 is 2.67 bits per heavy atom. The highest BCUT2D eigenvalue weighted by molar-refractivity contribution is 5.57. The van der Waals surface area contributed by atoms with Gasteiger partial charge >= 0.3 is 0 Å². The van der Waals surface area contributed by atoms with Crippen LogP contribution in [0.25, 0.3) is 0 Å². The zero-order valence-corrected chi connectivity index (χ0v) is 11.2. The first-order chi connectivity index (χ1) is 8.69. The third-order valence-electron chi connectivity index (χ3n) is 3.62. The molecule has 1 N–H and O–H groups in total. The van der Waals surface area contributed by atoms with Crippen LogP contribution in [0.5, 0.6) is 5.75 Å². The molecule has 0 atom stereocenters. The van der Waals surface area contributed by atoms with Gasteiger partial charge < -0.3 is 10.1 Å². The van der Waals surface area contributed by atoms with Gasteiger partial charge in [-0.2, -0.15) is 0 Å². The summed E-state index contributed by atoms with van der Waals surface area (Å²) in [4.78, 5) is 0. The molecule has 1 aromatic carbocycles. The SMILES string of the molecule is CCOc1cc(F)ccc1NC1CCC(C)CC1. The van der Waals surface area contributed by atoms with Crippen LogP contribution < -0.4 is 10.1 Å². The maximum absolute atomic E-state index is 13.2. The molecule has 0 radical (unpaired) electrons. The number of hydrogen-bond donors (Lipinski definition) is 1. The fourth-order valence-corrected chi connectivity index (χ4v) is 2.51. The van der Waals surface area contributed by atoms with Gasteiger partial charge in [0.1, 0.15) is 11.6 Å². The van der Waals surface area contributed by atoms with Crippen LogP contribution in [0, 0.1) is 11.7 Å². The normalized spacial score (nSPS) is 23.7. The molecule has 1 saturated carbocycles. The van der Waals surface area contributed by atoms with Gasteiger partial charge in [0.05, 0.1) is 12.3 Å². The maximum atomic E-state index is 13.2. The molecule has 0 amide bonds. The van der Waals surface area contributed by atoms with Crippen LogP contribution in [-0.2, 0) is 0 Å². The third-order valence-corrected chi connectivity index (χ3v) is 3.62. The second-order valence-corrected chi connectivity index (χ2v) is 5.17. The average molecular weight is 251 g/mol. The summed E-state index contributed by atoms with van der Waals surface area (Å²) in [6, 6.07) is 5.21. The predicted octanol–water partition coefficient (Wildman–Crippen LogP) is 4.22.